The summed E-state index contributed by atoms with van der Waals surface area (Å²) >= 11 is 0. The maximum absolute atomic E-state index is 9.59. The molecule has 0 amide bonds. The molecule has 50 valence electrons. The van der Waals surface area contributed by atoms with Crippen molar-refractivity contribution in [1.29, 1.82) is 0 Å². The Bertz CT molecular complexity index is 54.4. The first kappa shape index (κ1) is 10.4. The van der Waals surface area contributed by atoms with Crippen LogP contribution in [0, 0.1) is 0 Å². The fourth-order valence-electron chi connectivity index (χ4n) is 0. The molecule has 0 spiro atoms. The van der Waals surface area contributed by atoms with Crippen molar-refractivity contribution in [2.75, 3.05) is 13.7 Å². The van der Waals surface area contributed by atoms with Gasteiger partial charge in [0, 0.05) is 6.92 Å². The minimum Gasteiger partial charge on any atom is -0.469 e. The second kappa shape index (κ2) is 9.66. The molecule has 0 unspecified atom stereocenters. The van der Waals surface area contributed by atoms with Crippen molar-refractivity contribution in [3.05, 3.63) is 0 Å². The van der Waals surface area contributed by atoms with Crippen LogP contribution in [0.25, 0.3) is 0 Å². The van der Waals surface area contributed by atoms with Gasteiger partial charge in [-0.3, -0.25) is 4.79 Å². The van der Waals surface area contributed by atoms with E-state index in [1.165, 1.54) is 14.0 Å². The molecule has 0 aromatic carbocycles. The summed E-state index contributed by atoms with van der Waals surface area (Å²) < 4.78 is 4.11. The van der Waals surface area contributed by atoms with Crippen LogP contribution in [0.2, 0.25) is 0 Å². The van der Waals surface area contributed by atoms with E-state index in [0.717, 1.165) is 6.54 Å². The first-order valence-electron chi connectivity index (χ1n) is 2.43. The molecule has 2 N–H and O–H groups in total. The highest BCUT2D eigenvalue weighted by Crippen LogP contribution is 1.60. The van der Waals surface area contributed by atoms with Gasteiger partial charge < -0.3 is 10.5 Å². The average molecular weight is 119 g/mol. The van der Waals surface area contributed by atoms with Gasteiger partial charge in [-0.05, 0) is 6.54 Å². The molecule has 0 aliphatic heterocycles. The van der Waals surface area contributed by atoms with Crippen molar-refractivity contribution >= 4 is 5.97 Å². The van der Waals surface area contributed by atoms with Crippen molar-refractivity contribution in [1.82, 2.24) is 0 Å². The molecule has 0 saturated heterocycles. The number of rotatable bonds is 0. The second-order valence-electron chi connectivity index (χ2n) is 1.10. The lowest BCUT2D eigenvalue weighted by Crippen LogP contribution is -1.88. The molecule has 0 aliphatic carbocycles. The highest BCUT2D eigenvalue weighted by atomic mass is 16.5. The van der Waals surface area contributed by atoms with Crippen LogP contribution in [0.1, 0.15) is 13.8 Å². The van der Waals surface area contributed by atoms with Gasteiger partial charge >= 0.3 is 5.97 Å². The van der Waals surface area contributed by atoms with Crippen LogP contribution in [0.5, 0.6) is 0 Å². The van der Waals surface area contributed by atoms with Gasteiger partial charge in [0.15, 0.2) is 0 Å². The third-order valence-electron chi connectivity index (χ3n) is 0.287. The zero-order valence-electron chi connectivity index (χ0n) is 5.60. The standard InChI is InChI=1S/C3H6O2.C2H7N/c1-3(4)5-2;1-2-3/h1-2H3;2-3H2,1H3. The van der Waals surface area contributed by atoms with Crippen LogP contribution < -0.4 is 5.73 Å². The molecule has 0 saturated carbocycles. The zero-order valence-corrected chi connectivity index (χ0v) is 5.60. The van der Waals surface area contributed by atoms with Gasteiger partial charge in [0.05, 0.1) is 7.11 Å². The predicted octanol–water partition coefficient (Wildman–Crippen LogP) is 0.144. The third kappa shape index (κ3) is 52.1. The van der Waals surface area contributed by atoms with Crippen LogP contribution in [0.3, 0.4) is 0 Å². The average Bonchev–Trinajstić information content (AvgIpc) is 1.69. The Morgan fingerprint density at radius 2 is 1.88 bits per heavy atom. The molecule has 0 heterocycles. The van der Waals surface area contributed by atoms with E-state index in [2.05, 4.69) is 4.74 Å². The Hall–Kier alpha value is -0.570. The Kier molecular flexibility index (Phi) is 12.6. The molecular weight excluding hydrogens is 106 g/mol. The van der Waals surface area contributed by atoms with Crippen molar-refractivity contribution in [2.24, 2.45) is 5.73 Å². The van der Waals surface area contributed by atoms with E-state index in [1.54, 1.807) is 0 Å². The summed E-state index contributed by atoms with van der Waals surface area (Å²) in [6.07, 6.45) is 0. The van der Waals surface area contributed by atoms with Gasteiger partial charge in [0.1, 0.15) is 0 Å². The molecule has 8 heavy (non-hydrogen) atoms. The molecule has 0 fully saturated rings. The third-order valence-corrected chi connectivity index (χ3v) is 0.287. The number of hydrogen-bond donors (Lipinski definition) is 1. The van der Waals surface area contributed by atoms with Crippen LogP contribution in [0.15, 0.2) is 0 Å². The maximum atomic E-state index is 9.59. The fraction of sp³-hybridized carbons (Fsp3) is 0.800. The normalized spacial score (nSPS) is 6.50. The Balaban J connectivity index is 0. The lowest BCUT2D eigenvalue weighted by molar-refractivity contribution is -0.137. The number of esters is 1. The molecule has 3 heteroatoms. The van der Waals surface area contributed by atoms with E-state index in [9.17, 15) is 4.79 Å². The topological polar surface area (TPSA) is 52.3 Å². The van der Waals surface area contributed by atoms with E-state index < -0.39 is 0 Å². The highest BCUT2D eigenvalue weighted by molar-refractivity contribution is 5.65. The maximum Gasteiger partial charge on any atom is 0.302 e. The number of nitrogens with two attached hydrogens (primary N) is 1. The summed E-state index contributed by atoms with van der Waals surface area (Å²) in [5, 5.41) is 0. The number of hydrogen-bond acceptors (Lipinski definition) is 3. The molecule has 3 nitrogen and oxygen atoms in total. The smallest absolute Gasteiger partial charge is 0.302 e. The Morgan fingerprint density at radius 1 is 1.75 bits per heavy atom. The van der Waals surface area contributed by atoms with E-state index in [0.29, 0.717) is 0 Å². The quantitative estimate of drug-likeness (QED) is 0.461. The zero-order chi connectivity index (χ0) is 6.99. The molecule has 0 radical (unpaired) electrons. The van der Waals surface area contributed by atoms with Crippen LogP contribution >= 0.6 is 0 Å². The number of carbonyl (C=O) groups is 1. The Morgan fingerprint density at radius 3 is 1.88 bits per heavy atom. The first-order chi connectivity index (χ1) is 3.68. The predicted molar refractivity (Wildman–Crippen MR) is 32.4 cm³/mol. The minimum absolute atomic E-state index is 0.245. The van der Waals surface area contributed by atoms with E-state index in [1.807, 2.05) is 6.92 Å². The molecule has 0 aromatic heterocycles. The van der Waals surface area contributed by atoms with Gasteiger partial charge in [0.2, 0.25) is 0 Å². The monoisotopic (exact) mass is 119 g/mol. The number of methoxy groups -OCH3 is 1. The summed E-state index contributed by atoms with van der Waals surface area (Å²) in [4.78, 5) is 9.59. The first-order valence-corrected chi connectivity index (χ1v) is 2.43. The molecule has 0 aromatic rings. The van der Waals surface area contributed by atoms with Crippen LogP contribution in [-0.2, 0) is 9.53 Å². The summed E-state index contributed by atoms with van der Waals surface area (Å²) in [5.41, 5.74) is 4.85. The van der Waals surface area contributed by atoms with Crippen molar-refractivity contribution < 1.29 is 9.53 Å². The molecule has 0 atom stereocenters. The van der Waals surface area contributed by atoms with Crippen LogP contribution in [0.4, 0.5) is 0 Å². The van der Waals surface area contributed by atoms with Crippen LogP contribution in [-0.4, -0.2) is 19.6 Å². The van der Waals surface area contributed by atoms with Gasteiger partial charge in [-0.25, -0.2) is 0 Å². The fourth-order valence-corrected chi connectivity index (χ4v) is 0. The van der Waals surface area contributed by atoms with Gasteiger partial charge in [0.25, 0.3) is 0 Å². The van der Waals surface area contributed by atoms with E-state index in [-0.39, 0.29) is 5.97 Å². The summed E-state index contributed by atoms with van der Waals surface area (Å²) in [6, 6.07) is 0. The second-order valence-corrected chi connectivity index (χ2v) is 1.10. The minimum atomic E-state index is -0.245. The molecule has 0 rings (SSSR count). The number of ether oxygens (including phenoxy) is 1. The molecule has 0 bridgehead atoms. The SMILES string of the molecule is CCN.COC(C)=O. The lowest BCUT2D eigenvalue weighted by atomic mass is 10.8. The summed E-state index contributed by atoms with van der Waals surface area (Å²) in [6.45, 7) is 4.01. The number of carbonyl (C=O) groups excluding carboxylic acids is 1. The van der Waals surface area contributed by atoms with Crippen molar-refractivity contribution in [3.63, 3.8) is 0 Å². The summed E-state index contributed by atoms with van der Waals surface area (Å²) in [7, 11) is 1.35. The highest BCUT2D eigenvalue weighted by Gasteiger charge is 1.75. The van der Waals surface area contributed by atoms with Gasteiger partial charge in [-0.1, -0.05) is 6.92 Å². The van der Waals surface area contributed by atoms with Crippen molar-refractivity contribution in [3.8, 4) is 0 Å². The van der Waals surface area contributed by atoms with Gasteiger partial charge in [-0.2, -0.15) is 0 Å². The largest absolute Gasteiger partial charge is 0.469 e. The van der Waals surface area contributed by atoms with Gasteiger partial charge in [-0.15, -0.1) is 0 Å². The molecular formula is C5H13NO2. The summed E-state index contributed by atoms with van der Waals surface area (Å²) in [5.74, 6) is -0.245. The van der Waals surface area contributed by atoms with E-state index in [4.69, 9.17) is 5.73 Å². The lowest BCUT2D eigenvalue weighted by Gasteiger charge is -1.80. The Labute approximate surface area is 49.8 Å². The van der Waals surface area contributed by atoms with E-state index >= 15 is 0 Å². The van der Waals surface area contributed by atoms with Crippen molar-refractivity contribution in [2.45, 2.75) is 13.8 Å². The molecule has 0 aliphatic rings.